The van der Waals surface area contributed by atoms with Crippen LogP contribution in [0, 0.1) is 0 Å². The van der Waals surface area contributed by atoms with E-state index in [4.69, 9.17) is 4.74 Å². The molecule has 1 unspecified atom stereocenters. The van der Waals surface area contributed by atoms with Crippen LogP contribution in [0.5, 0.6) is 5.75 Å². The first-order chi connectivity index (χ1) is 8.24. The predicted molar refractivity (Wildman–Crippen MR) is 62.6 cm³/mol. The van der Waals surface area contributed by atoms with Crippen molar-refractivity contribution in [1.82, 2.24) is 0 Å². The van der Waals surface area contributed by atoms with Crippen molar-refractivity contribution >= 4 is 0 Å². The van der Waals surface area contributed by atoms with Gasteiger partial charge in [-0.15, -0.1) is 0 Å². The molecule has 1 N–H and O–H groups in total. The molecule has 0 saturated carbocycles. The number of alkyl halides is 3. The number of halogens is 3. The van der Waals surface area contributed by atoms with Crippen LogP contribution in [0.2, 0.25) is 0 Å². The van der Waals surface area contributed by atoms with Crippen molar-refractivity contribution < 1.29 is 23.0 Å². The van der Waals surface area contributed by atoms with Gasteiger partial charge < -0.3 is 9.84 Å². The molecule has 1 aromatic rings. The molecule has 102 valence electrons. The first-order valence-corrected chi connectivity index (χ1v) is 5.70. The summed E-state index contributed by atoms with van der Waals surface area (Å²) < 4.78 is 43.5. The summed E-state index contributed by atoms with van der Waals surface area (Å²) in [5.74, 6) is 0.486. The molecule has 18 heavy (non-hydrogen) atoms. The highest BCUT2D eigenvalue weighted by Crippen LogP contribution is 2.40. The molecule has 0 saturated heterocycles. The molecule has 0 heterocycles. The van der Waals surface area contributed by atoms with Gasteiger partial charge in [-0.05, 0) is 36.6 Å². The van der Waals surface area contributed by atoms with Gasteiger partial charge in [-0.1, -0.05) is 19.4 Å². The second kappa shape index (κ2) is 5.18. The minimum absolute atomic E-state index is 0.113. The highest BCUT2D eigenvalue weighted by molar-refractivity contribution is 5.39. The van der Waals surface area contributed by atoms with Crippen LogP contribution < -0.4 is 4.74 Å². The number of hydrogen-bond acceptors (Lipinski definition) is 2. The molecule has 0 spiro atoms. The zero-order valence-electron chi connectivity index (χ0n) is 10.6. The van der Waals surface area contributed by atoms with Gasteiger partial charge in [0.25, 0.3) is 0 Å². The Morgan fingerprint density at radius 2 is 1.89 bits per heavy atom. The Labute approximate surface area is 104 Å². The number of aliphatic hydroxyl groups is 1. The lowest BCUT2D eigenvalue weighted by Gasteiger charge is -2.29. The maximum absolute atomic E-state index is 12.8. The van der Waals surface area contributed by atoms with Gasteiger partial charge in [-0.25, -0.2) is 0 Å². The van der Waals surface area contributed by atoms with Crippen LogP contribution in [-0.2, 0) is 12.0 Å². The van der Waals surface area contributed by atoms with Crippen molar-refractivity contribution in [3.8, 4) is 5.75 Å². The van der Waals surface area contributed by atoms with E-state index in [1.807, 2.05) is 6.92 Å². The summed E-state index contributed by atoms with van der Waals surface area (Å²) in [5, 5.41) is 9.73. The molecule has 5 heteroatoms. The molecule has 1 rings (SSSR count). The van der Waals surface area contributed by atoms with E-state index in [0.29, 0.717) is 24.2 Å². The van der Waals surface area contributed by atoms with E-state index in [0.717, 1.165) is 6.92 Å². The van der Waals surface area contributed by atoms with Gasteiger partial charge in [0.05, 0.1) is 7.11 Å². The van der Waals surface area contributed by atoms with E-state index in [1.54, 1.807) is 6.07 Å². The number of methoxy groups -OCH3 is 1. The Morgan fingerprint density at radius 1 is 1.28 bits per heavy atom. The van der Waals surface area contributed by atoms with Crippen molar-refractivity contribution in [3.63, 3.8) is 0 Å². The van der Waals surface area contributed by atoms with Crippen LogP contribution in [0.1, 0.15) is 31.4 Å². The fourth-order valence-corrected chi connectivity index (χ4v) is 1.80. The Hall–Kier alpha value is -1.23. The largest absolute Gasteiger partial charge is 0.497 e. The topological polar surface area (TPSA) is 29.5 Å². The third kappa shape index (κ3) is 2.77. The van der Waals surface area contributed by atoms with Crippen LogP contribution in [-0.4, -0.2) is 18.4 Å². The van der Waals surface area contributed by atoms with Gasteiger partial charge in [0.2, 0.25) is 0 Å². The van der Waals surface area contributed by atoms with Crippen molar-refractivity contribution in [2.45, 2.75) is 38.5 Å². The van der Waals surface area contributed by atoms with Gasteiger partial charge in [0.1, 0.15) is 5.75 Å². The summed E-state index contributed by atoms with van der Waals surface area (Å²) in [6.45, 7) is 2.64. The Kier molecular flexibility index (Phi) is 4.27. The minimum Gasteiger partial charge on any atom is -0.497 e. The Morgan fingerprint density at radius 3 is 2.33 bits per heavy atom. The van der Waals surface area contributed by atoms with E-state index in [1.165, 1.54) is 19.2 Å². The summed E-state index contributed by atoms with van der Waals surface area (Å²) in [5.41, 5.74) is -2.50. The lowest BCUT2D eigenvalue weighted by Crippen LogP contribution is -2.40. The lowest BCUT2D eigenvalue weighted by atomic mass is 9.89. The van der Waals surface area contributed by atoms with E-state index < -0.39 is 11.8 Å². The van der Waals surface area contributed by atoms with Crippen LogP contribution >= 0.6 is 0 Å². The van der Waals surface area contributed by atoms with Crippen molar-refractivity contribution in [2.24, 2.45) is 0 Å². The highest BCUT2D eigenvalue weighted by Gasteiger charge is 2.51. The molecule has 2 nitrogen and oxygen atoms in total. The van der Waals surface area contributed by atoms with E-state index in [-0.39, 0.29) is 5.56 Å². The van der Waals surface area contributed by atoms with Gasteiger partial charge >= 0.3 is 6.18 Å². The third-order valence-corrected chi connectivity index (χ3v) is 2.91. The number of rotatable bonds is 4. The van der Waals surface area contributed by atoms with Crippen molar-refractivity contribution in [2.75, 3.05) is 7.11 Å². The molecule has 0 aliphatic rings. The van der Waals surface area contributed by atoms with Crippen LogP contribution in [0.4, 0.5) is 13.2 Å². The first kappa shape index (κ1) is 14.8. The molecule has 0 radical (unpaired) electrons. The number of aryl methyl sites for hydroxylation is 1. The molecule has 0 fully saturated rings. The maximum Gasteiger partial charge on any atom is 0.421 e. The zero-order chi connectivity index (χ0) is 14.0. The average molecular weight is 262 g/mol. The second-order valence-electron chi connectivity index (χ2n) is 4.34. The van der Waals surface area contributed by atoms with Gasteiger partial charge in [-0.3, -0.25) is 0 Å². The maximum atomic E-state index is 12.8. The van der Waals surface area contributed by atoms with E-state index in [9.17, 15) is 18.3 Å². The Bertz CT molecular complexity index is 411. The van der Waals surface area contributed by atoms with Crippen molar-refractivity contribution in [3.05, 3.63) is 29.3 Å². The second-order valence-corrected chi connectivity index (χ2v) is 4.34. The molecular weight excluding hydrogens is 245 g/mol. The highest BCUT2D eigenvalue weighted by atomic mass is 19.4. The normalized spacial score (nSPS) is 15.3. The first-order valence-electron chi connectivity index (χ1n) is 5.70. The van der Waals surface area contributed by atoms with E-state index in [2.05, 4.69) is 0 Å². The zero-order valence-corrected chi connectivity index (χ0v) is 10.6. The minimum atomic E-state index is -4.70. The third-order valence-electron chi connectivity index (χ3n) is 2.91. The molecule has 1 atom stereocenters. The smallest absolute Gasteiger partial charge is 0.421 e. The quantitative estimate of drug-likeness (QED) is 0.901. The summed E-state index contributed by atoms with van der Waals surface area (Å²) in [6, 6.07) is 4.24. The van der Waals surface area contributed by atoms with Gasteiger partial charge in [0, 0.05) is 0 Å². The molecular formula is C13H17F3O2. The van der Waals surface area contributed by atoms with Crippen LogP contribution in [0.15, 0.2) is 18.2 Å². The molecule has 0 aliphatic heterocycles. The summed E-state index contributed by atoms with van der Waals surface area (Å²) in [4.78, 5) is 0. The number of benzene rings is 1. The fraction of sp³-hybridized carbons (Fsp3) is 0.538. The fourth-order valence-electron chi connectivity index (χ4n) is 1.80. The summed E-state index contributed by atoms with van der Waals surface area (Å²) in [6.07, 6.45) is -3.56. The Balaban J connectivity index is 3.31. The van der Waals surface area contributed by atoms with Gasteiger partial charge in [0.15, 0.2) is 5.60 Å². The molecule has 0 aromatic heterocycles. The molecule has 0 bridgehead atoms. The molecule has 0 aliphatic carbocycles. The van der Waals surface area contributed by atoms with Crippen LogP contribution in [0.25, 0.3) is 0 Å². The number of hydrogen-bond donors (Lipinski definition) is 1. The summed E-state index contributed by atoms with van der Waals surface area (Å²) in [7, 11) is 1.45. The standard InChI is InChI=1S/C13H17F3O2/c1-4-5-9-8-10(18-3)6-7-11(9)12(2,17)13(14,15)16/h6-8,17H,4-5H2,1-3H3. The van der Waals surface area contributed by atoms with Crippen LogP contribution in [0.3, 0.4) is 0 Å². The van der Waals surface area contributed by atoms with E-state index >= 15 is 0 Å². The monoisotopic (exact) mass is 262 g/mol. The molecule has 1 aromatic carbocycles. The van der Waals surface area contributed by atoms with Gasteiger partial charge in [-0.2, -0.15) is 13.2 Å². The number of ether oxygens (including phenoxy) is 1. The average Bonchev–Trinajstić information content (AvgIpc) is 2.27. The predicted octanol–water partition coefficient (Wildman–Crippen LogP) is 3.42. The van der Waals surface area contributed by atoms with Crippen molar-refractivity contribution in [1.29, 1.82) is 0 Å². The lowest BCUT2D eigenvalue weighted by molar-refractivity contribution is -0.259. The SMILES string of the molecule is CCCc1cc(OC)ccc1C(C)(O)C(F)(F)F. The molecule has 0 amide bonds. The summed E-state index contributed by atoms with van der Waals surface area (Å²) >= 11 is 0.